The highest BCUT2D eigenvalue weighted by Gasteiger charge is 2.23. The lowest BCUT2D eigenvalue weighted by molar-refractivity contribution is -0.384. The van der Waals surface area contributed by atoms with Crippen LogP contribution in [0.2, 0.25) is 0 Å². The summed E-state index contributed by atoms with van der Waals surface area (Å²) in [5, 5.41) is 15.0. The molecule has 124 valence electrons. The number of fused-ring (bicyclic) bond motifs is 1. The van der Waals surface area contributed by atoms with E-state index in [9.17, 15) is 14.9 Å². The molecule has 1 atom stereocenters. The summed E-state index contributed by atoms with van der Waals surface area (Å²) in [6, 6.07) is 5.95. The Morgan fingerprint density at radius 2 is 2.09 bits per heavy atom. The van der Waals surface area contributed by atoms with Crippen LogP contribution in [0.5, 0.6) is 0 Å². The third-order valence-electron chi connectivity index (χ3n) is 4.12. The Labute approximate surface area is 134 Å². The number of anilines is 1. The second kappa shape index (κ2) is 6.37. The van der Waals surface area contributed by atoms with Crippen molar-refractivity contribution in [2.45, 2.75) is 25.8 Å². The molecule has 0 amide bonds. The van der Waals surface area contributed by atoms with E-state index in [0.717, 1.165) is 6.42 Å². The zero-order chi connectivity index (χ0) is 17.2. The van der Waals surface area contributed by atoms with Gasteiger partial charge in [-0.05, 0) is 19.4 Å². The quantitative estimate of drug-likeness (QED) is 0.653. The maximum atomic E-state index is 12.2. The first-order valence-corrected chi connectivity index (χ1v) is 7.36. The summed E-state index contributed by atoms with van der Waals surface area (Å²) in [5.41, 5.74) is 0.655. The molecular weight excluding hydrogens is 298 g/mol. The van der Waals surface area contributed by atoms with Crippen LogP contribution < -0.4 is 10.9 Å². The van der Waals surface area contributed by atoms with Crippen LogP contribution in [0.15, 0.2) is 29.1 Å². The fourth-order valence-corrected chi connectivity index (χ4v) is 2.54. The average Bonchev–Trinajstić information content (AvgIpc) is 2.52. The maximum Gasteiger partial charge on any atom is 0.270 e. The summed E-state index contributed by atoms with van der Waals surface area (Å²) in [4.78, 5) is 22.8. The van der Waals surface area contributed by atoms with Gasteiger partial charge in [-0.2, -0.15) is 0 Å². The van der Waals surface area contributed by atoms with Gasteiger partial charge in [-0.15, -0.1) is 0 Å². The maximum absolute atomic E-state index is 12.2. The summed E-state index contributed by atoms with van der Waals surface area (Å²) in [7, 11) is 3.26. The Kier molecular flexibility index (Phi) is 4.70. The van der Waals surface area contributed by atoms with Crippen LogP contribution in [0.1, 0.15) is 20.3 Å². The van der Waals surface area contributed by atoms with E-state index in [-0.39, 0.29) is 16.8 Å². The molecular formula is C16H21N3O4. The molecule has 1 aromatic heterocycles. The second-order valence-corrected chi connectivity index (χ2v) is 5.89. The van der Waals surface area contributed by atoms with Gasteiger partial charge in [0.2, 0.25) is 0 Å². The number of nitrogens with zero attached hydrogens (tertiary/aromatic N) is 2. The lowest BCUT2D eigenvalue weighted by Gasteiger charge is -2.30. The van der Waals surface area contributed by atoms with E-state index in [0.29, 0.717) is 23.2 Å². The van der Waals surface area contributed by atoms with Crippen molar-refractivity contribution in [1.29, 1.82) is 0 Å². The average molecular weight is 319 g/mol. The molecule has 23 heavy (non-hydrogen) atoms. The van der Waals surface area contributed by atoms with Crippen LogP contribution >= 0.6 is 0 Å². The van der Waals surface area contributed by atoms with E-state index in [2.05, 4.69) is 5.32 Å². The number of nitro benzene ring substituents is 1. The number of nitro groups is 1. The van der Waals surface area contributed by atoms with Gasteiger partial charge in [0.25, 0.3) is 11.2 Å². The van der Waals surface area contributed by atoms with E-state index in [1.165, 1.54) is 22.8 Å². The predicted molar refractivity (Wildman–Crippen MR) is 90.0 cm³/mol. The molecule has 7 nitrogen and oxygen atoms in total. The highest BCUT2D eigenvalue weighted by Crippen LogP contribution is 2.28. The molecule has 0 radical (unpaired) electrons. The van der Waals surface area contributed by atoms with Crippen LogP contribution in [0.25, 0.3) is 10.9 Å². The summed E-state index contributed by atoms with van der Waals surface area (Å²) in [6.45, 7) is 4.45. The predicted octanol–water partition coefficient (Wildman–Crippen LogP) is 2.67. The number of pyridine rings is 1. The molecule has 1 aromatic carbocycles. The molecule has 0 aliphatic carbocycles. The molecule has 0 aliphatic heterocycles. The van der Waals surface area contributed by atoms with E-state index in [4.69, 9.17) is 4.74 Å². The molecule has 0 spiro atoms. The molecule has 0 fully saturated rings. The van der Waals surface area contributed by atoms with Crippen molar-refractivity contribution in [1.82, 2.24) is 4.57 Å². The number of ether oxygens (including phenoxy) is 1. The second-order valence-electron chi connectivity index (χ2n) is 5.89. The van der Waals surface area contributed by atoms with Crippen molar-refractivity contribution in [2.75, 3.05) is 19.0 Å². The van der Waals surface area contributed by atoms with Crippen LogP contribution in [0.4, 0.5) is 11.4 Å². The highest BCUT2D eigenvalue weighted by atomic mass is 16.6. The first-order chi connectivity index (χ1) is 10.8. The summed E-state index contributed by atoms with van der Waals surface area (Å²) < 4.78 is 6.72. The summed E-state index contributed by atoms with van der Waals surface area (Å²) in [5.74, 6) is 0. The number of aryl methyl sites for hydroxylation is 1. The van der Waals surface area contributed by atoms with Gasteiger partial charge in [0.1, 0.15) is 0 Å². The Morgan fingerprint density at radius 3 is 2.65 bits per heavy atom. The number of nitrogens with one attached hydrogen (secondary N) is 1. The lowest BCUT2D eigenvalue weighted by Crippen LogP contribution is -2.39. The van der Waals surface area contributed by atoms with Gasteiger partial charge in [0, 0.05) is 43.4 Å². The first-order valence-electron chi connectivity index (χ1n) is 7.36. The number of aromatic nitrogens is 1. The minimum atomic E-state index is -0.442. The number of hydrogen-bond donors (Lipinski definition) is 1. The topological polar surface area (TPSA) is 86.4 Å². The highest BCUT2D eigenvalue weighted by molar-refractivity contribution is 5.93. The Morgan fingerprint density at radius 1 is 1.39 bits per heavy atom. The van der Waals surface area contributed by atoms with E-state index in [1.807, 2.05) is 13.8 Å². The standard InChI is InChI=1S/C16H21N3O4/c1-5-16(2,10-23-4)17-13-9-15(20)18(3)14-7-6-11(19(21)22)8-12(13)14/h6-9,17H,5,10H2,1-4H3. The fraction of sp³-hybridized carbons (Fsp3) is 0.438. The fourth-order valence-electron chi connectivity index (χ4n) is 2.54. The molecule has 7 heteroatoms. The van der Waals surface area contributed by atoms with Gasteiger partial charge in [-0.3, -0.25) is 14.9 Å². The van der Waals surface area contributed by atoms with Gasteiger partial charge in [-0.1, -0.05) is 6.92 Å². The van der Waals surface area contributed by atoms with Crippen molar-refractivity contribution in [3.63, 3.8) is 0 Å². The number of non-ortho nitro benzene ring substituents is 1. The Balaban J connectivity index is 2.66. The minimum Gasteiger partial charge on any atom is -0.382 e. The van der Waals surface area contributed by atoms with Crippen LogP contribution in [-0.4, -0.2) is 28.7 Å². The third kappa shape index (κ3) is 3.34. The van der Waals surface area contributed by atoms with Gasteiger partial charge < -0.3 is 14.6 Å². The van der Waals surface area contributed by atoms with Crippen molar-refractivity contribution < 1.29 is 9.66 Å². The molecule has 1 heterocycles. The van der Waals surface area contributed by atoms with Gasteiger partial charge in [-0.25, -0.2) is 0 Å². The number of methoxy groups -OCH3 is 1. The van der Waals surface area contributed by atoms with Crippen molar-refractivity contribution in [3.05, 3.63) is 44.7 Å². The lowest BCUT2D eigenvalue weighted by atomic mass is 9.99. The molecule has 0 bridgehead atoms. The summed E-state index contributed by atoms with van der Waals surface area (Å²) >= 11 is 0. The van der Waals surface area contributed by atoms with Crippen LogP contribution in [0, 0.1) is 10.1 Å². The van der Waals surface area contributed by atoms with Crippen molar-refractivity contribution >= 4 is 22.3 Å². The monoisotopic (exact) mass is 319 g/mol. The minimum absolute atomic E-state index is 0.0101. The molecule has 0 saturated carbocycles. The molecule has 2 rings (SSSR count). The molecule has 1 unspecified atom stereocenters. The van der Waals surface area contributed by atoms with E-state index < -0.39 is 4.92 Å². The van der Waals surface area contributed by atoms with Gasteiger partial charge >= 0.3 is 0 Å². The third-order valence-corrected chi connectivity index (χ3v) is 4.12. The zero-order valence-corrected chi connectivity index (χ0v) is 13.8. The molecule has 2 aromatic rings. The SMILES string of the molecule is CCC(C)(COC)Nc1cc(=O)n(C)c2ccc([N+](=O)[O-])cc12. The first kappa shape index (κ1) is 17.0. The zero-order valence-electron chi connectivity index (χ0n) is 13.8. The number of benzene rings is 1. The van der Waals surface area contributed by atoms with Gasteiger partial charge in [0.15, 0.2) is 0 Å². The summed E-state index contributed by atoms with van der Waals surface area (Å²) in [6.07, 6.45) is 0.770. The molecule has 1 N–H and O–H groups in total. The van der Waals surface area contributed by atoms with Crippen molar-refractivity contribution in [3.8, 4) is 0 Å². The largest absolute Gasteiger partial charge is 0.382 e. The Hall–Kier alpha value is -2.41. The van der Waals surface area contributed by atoms with Crippen LogP contribution in [0.3, 0.4) is 0 Å². The van der Waals surface area contributed by atoms with E-state index >= 15 is 0 Å². The number of hydrogen-bond acceptors (Lipinski definition) is 5. The Bertz CT molecular complexity index is 800. The van der Waals surface area contributed by atoms with Gasteiger partial charge in [0.05, 0.1) is 22.6 Å². The number of rotatable bonds is 6. The molecule has 0 aliphatic rings. The van der Waals surface area contributed by atoms with Crippen LogP contribution in [-0.2, 0) is 11.8 Å². The van der Waals surface area contributed by atoms with E-state index in [1.54, 1.807) is 20.2 Å². The smallest absolute Gasteiger partial charge is 0.270 e. The normalized spacial score (nSPS) is 13.7. The van der Waals surface area contributed by atoms with Crippen molar-refractivity contribution in [2.24, 2.45) is 7.05 Å². The molecule has 0 saturated heterocycles.